The van der Waals surface area contributed by atoms with E-state index in [1.807, 2.05) is 0 Å². The lowest BCUT2D eigenvalue weighted by molar-refractivity contribution is -0.137. The predicted molar refractivity (Wildman–Crippen MR) is 81.4 cm³/mol. The molecular formula is C15H10F3N3O2S. The van der Waals surface area contributed by atoms with E-state index in [1.165, 1.54) is 34.5 Å². The van der Waals surface area contributed by atoms with E-state index in [1.54, 1.807) is 6.92 Å². The standard InChI is InChI=1S/C15H10F3N3O2S/c1-8-10(13(22)23)6-19-21(8)14-20-12(7-24-14)9-4-2-3-5-11(9)15(16,17)18/h2-7H,1H3,(H,22,23). The summed E-state index contributed by atoms with van der Waals surface area (Å²) in [5, 5.41) is 14.8. The Morgan fingerprint density at radius 1 is 1.29 bits per heavy atom. The van der Waals surface area contributed by atoms with Crippen molar-refractivity contribution >= 4 is 17.3 Å². The van der Waals surface area contributed by atoms with Gasteiger partial charge in [-0.05, 0) is 13.0 Å². The zero-order chi connectivity index (χ0) is 17.5. The molecule has 3 aromatic rings. The van der Waals surface area contributed by atoms with Crippen LogP contribution in [-0.4, -0.2) is 25.8 Å². The molecule has 3 rings (SSSR count). The summed E-state index contributed by atoms with van der Waals surface area (Å²) in [6, 6.07) is 5.16. The number of aromatic carboxylic acids is 1. The zero-order valence-corrected chi connectivity index (χ0v) is 13.0. The van der Waals surface area contributed by atoms with Crippen LogP contribution in [0.25, 0.3) is 16.4 Å². The number of aromatic nitrogens is 3. The van der Waals surface area contributed by atoms with Crippen molar-refractivity contribution in [2.75, 3.05) is 0 Å². The summed E-state index contributed by atoms with van der Waals surface area (Å²) in [7, 11) is 0. The second-order valence-corrected chi connectivity index (χ2v) is 5.76. The molecule has 0 atom stereocenters. The van der Waals surface area contributed by atoms with E-state index in [0.29, 0.717) is 10.8 Å². The summed E-state index contributed by atoms with van der Waals surface area (Å²) in [5.74, 6) is -1.13. The van der Waals surface area contributed by atoms with E-state index in [2.05, 4.69) is 10.1 Å². The average molecular weight is 353 g/mol. The molecule has 0 saturated heterocycles. The number of alkyl halides is 3. The van der Waals surface area contributed by atoms with E-state index in [4.69, 9.17) is 5.11 Å². The first-order valence-electron chi connectivity index (χ1n) is 6.69. The molecule has 24 heavy (non-hydrogen) atoms. The van der Waals surface area contributed by atoms with E-state index >= 15 is 0 Å². The van der Waals surface area contributed by atoms with Crippen LogP contribution in [-0.2, 0) is 6.18 Å². The molecule has 0 spiro atoms. The van der Waals surface area contributed by atoms with Crippen molar-refractivity contribution in [2.45, 2.75) is 13.1 Å². The molecule has 0 fully saturated rings. The number of carboxylic acid groups (broad SMARTS) is 1. The molecule has 0 aliphatic carbocycles. The molecule has 0 saturated carbocycles. The normalized spacial score (nSPS) is 11.7. The number of nitrogens with zero attached hydrogens (tertiary/aromatic N) is 3. The maximum atomic E-state index is 13.1. The molecule has 9 heteroatoms. The number of carbonyl (C=O) groups is 1. The minimum atomic E-state index is -4.49. The van der Waals surface area contributed by atoms with Gasteiger partial charge in [0.2, 0.25) is 5.13 Å². The van der Waals surface area contributed by atoms with Crippen LogP contribution in [0.15, 0.2) is 35.8 Å². The SMILES string of the molecule is Cc1c(C(=O)O)cnn1-c1nc(-c2ccccc2C(F)(F)F)cs1. The lowest BCUT2D eigenvalue weighted by Gasteiger charge is -2.10. The quantitative estimate of drug-likeness (QED) is 0.772. The molecule has 0 amide bonds. The van der Waals surface area contributed by atoms with Crippen molar-refractivity contribution in [2.24, 2.45) is 0 Å². The third-order valence-electron chi connectivity index (χ3n) is 3.42. The number of carboxylic acids is 1. The van der Waals surface area contributed by atoms with Crippen LogP contribution < -0.4 is 0 Å². The molecule has 0 radical (unpaired) electrons. The maximum Gasteiger partial charge on any atom is 0.417 e. The van der Waals surface area contributed by atoms with Gasteiger partial charge in [-0.3, -0.25) is 0 Å². The minimum absolute atomic E-state index is 0.0161. The van der Waals surface area contributed by atoms with E-state index in [9.17, 15) is 18.0 Å². The van der Waals surface area contributed by atoms with Gasteiger partial charge in [-0.2, -0.15) is 18.3 Å². The molecule has 0 aliphatic heterocycles. The molecule has 2 heterocycles. The highest BCUT2D eigenvalue weighted by Gasteiger charge is 2.34. The molecule has 1 aromatic carbocycles. The molecule has 2 aromatic heterocycles. The Kier molecular flexibility index (Phi) is 3.88. The summed E-state index contributed by atoms with van der Waals surface area (Å²) < 4.78 is 40.6. The second kappa shape index (κ2) is 5.75. The van der Waals surface area contributed by atoms with Crippen LogP contribution in [0.1, 0.15) is 21.6 Å². The molecule has 124 valence electrons. The van der Waals surface area contributed by atoms with Gasteiger partial charge in [0, 0.05) is 10.9 Å². The van der Waals surface area contributed by atoms with E-state index in [-0.39, 0.29) is 16.8 Å². The zero-order valence-electron chi connectivity index (χ0n) is 12.2. The summed E-state index contributed by atoms with van der Waals surface area (Å²) in [4.78, 5) is 15.2. The third kappa shape index (κ3) is 2.78. The van der Waals surface area contributed by atoms with Gasteiger partial charge in [-0.25, -0.2) is 14.5 Å². The van der Waals surface area contributed by atoms with Crippen molar-refractivity contribution in [1.82, 2.24) is 14.8 Å². The van der Waals surface area contributed by atoms with Crippen LogP contribution in [0.3, 0.4) is 0 Å². The van der Waals surface area contributed by atoms with Crippen molar-refractivity contribution < 1.29 is 23.1 Å². The number of hydrogen-bond acceptors (Lipinski definition) is 4. The van der Waals surface area contributed by atoms with Crippen LogP contribution in [0.4, 0.5) is 13.2 Å². The Hall–Kier alpha value is -2.68. The number of benzene rings is 1. The minimum Gasteiger partial charge on any atom is -0.478 e. The lowest BCUT2D eigenvalue weighted by atomic mass is 10.1. The first-order chi connectivity index (χ1) is 11.3. The van der Waals surface area contributed by atoms with E-state index < -0.39 is 17.7 Å². The second-order valence-electron chi connectivity index (χ2n) is 4.92. The highest BCUT2D eigenvalue weighted by atomic mass is 32.1. The van der Waals surface area contributed by atoms with Gasteiger partial charge in [0.25, 0.3) is 0 Å². The van der Waals surface area contributed by atoms with Crippen molar-refractivity contribution in [3.8, 4) is 16.4 Å². The Balaban J connectivity index is 2.06. The average Bonchev–Trinajstić information content (AvgIpc) is 3.12. The Bertz CT molecular complexity index is 915. The van der Waals surface area contributed by atoms with Crippen molar-refractivity contribution in [3.63, 3.8) is 0 Å². The fourth-order valence-corrected chi connectivity index (χ4v) is 3.08. The monoisotopic (exact) mass is 353 g/mol. The molecule has 0 unspecified atom stereocenters. The van der Waals surface area contributed by atoms with Crippen LogP contribution in [0.2, 0.25) is 0 Å². The van der Waals surface area contributed by atoms with Crippen molar-refractivity contribution in [1.29, 1.82) is 0 Å². The molecular weight excluding hydrogens is 343 g/mol. The fraction of sp³-hybridized carbons (Fsp3) is 0.133. The molecule has 1 N–H and O–H groups in total. The topological polar surface area (TPSA) is 68.0 Å². The smallest absolute Gasteiger partial charge is 0.417 e. The lowest BCUT2D eigenvalue weighted by Crippen LogP contribution is -2.07. The highest BCUT2D eigenvalue weighted by molar-refractivity contribution is 7.12. The Labute approximate surface area is 138 Å². The highest BCUT2D eigenvalue weighted by Crippen LogP contribution is 2.37. The molecule has 5 nitrogen and oxygen atoms in total. The number of rotatable bonds is 3. The van der Waals surface area contributed by atoms with Gasteiger partial charge in [-0.1, -0.05) is 18.2 Å². The largest absolute Gasteiger partial charge is 0.478 e. The Morgan fingerprint density at radius 2 is 2.00 bits per heavy atom. The van der Waals surface area contributed by atoms with E-state index in [0.717, 1.165) is 17.4 Å². The summed E-state index contributed by atoms with van der Waals surface area (Å²) in [6.07, 6.45) is -3.30. The Morgan fingerprint density at radius 3 is 2.62 bits per heavy atom. The predicted octanol–water partition coefficient (Wildman–Crippen LogP) is 4.02. The first-order valence-corrected chi connectivity index (χ1v) is 7.57. The third-order valence-corrected chi connectivity index (χ3v) is 4.24. The fourth-order valence-electron chi connectivity index (χ4n) is 2.25. The summed E-state index contributed by atoms with van der Waals surface area (Å²) in [5.41, 5.74) is -0.273. The number of halogens is 3. The molecule has 0 bridgehead atoms. The van der Waals surface area contributed by atoms with Crippen molar-refractivity contribution in [3.05, 3.63) is 52.7 Å². The van der Waals surface area contributed by atoms with Crippen LogP contribution >= 0.6 is 11.3 Å². The number of thiazole rings is 1. The maximum absolute atomic E-state index is 13.1. The van der Waals surface area contributed by atoms with Gasteiger partial charge in [0.05, 0.1) is 23.1 Å². The number of hydrogen-bond donors (Lipinski definition) is 1. The first kappa shape index (κ1) is 16.2. The van der Waals surface area contributed by atoms with Crippen LogP contribution in [0, 0.1) is 6.92 Å². The summed E-state index contributed by atoms with van der Waals surface area (Å²) >= 11 is 1.09. The summed E-state index contributed by atoms with van der Waals surface area (Å²) in [6.45, 7) is 1.56. The van der Waals surface area contributed by atoms with Gasteiger partial charge in [-0.15, -0.1) is 11.3 Å². The van der Waals surface area contributed by atoms with Crippen LogP contribution in [0.5, 0.6) is 0 Å². The van der Waals surface area contributed by atoms with Gasteiger partial charge < -0.3 is 5.11 Å². The molecule has 0 aliphatic rings. The van der Waals surface area contributed by atoms with Gasteiger partial charge >= 0.3 is 12.1 Å². The van der Waals surface area contributed by atoms with Gasteiger partial charge in [0.15, 0.2) is 0 Å². The van der Waals surface area contributed by atoms with Gasteiger partial charge in [0.1, 0.15) is 5.56 Å².